The summed E-state index contributed by atoms with van der Waals surface area (Å²) in [6, 6.07) is 48.1. The molecule has 0 aliphatic carbocycles. The zero-order valence-corrected chi connectivity index (χ0v) is 23.1. The van der Waals surface area contributed by atoms with Gasteiger partial charge >= 0.3 is 0 Å². The van der Waals surface area contributed by atoms with E-state index < -0.39 is 0 Å². The molecule has 0 aliphatic rings. The van der Waals surface area contributed by atoms with Crippen LogP contribution in [-0.2, 0) is 0 Å². The van der Waals surface area contributed by atoms with Gasteiger partial charge in [-0.05, 0) is 79.1 Å². The molecule has 0 unspecified atom stereocenters. The molecular formula is C37H30N4. The summed E-state index contributed by atoms with van der Waals surface area (Å²) in [7, 11) is 0. The van der Waals surface area contributed by atoms with E-state index in [4.69, 9.17) is 15.0 Å². The largest absolute Gasteiger partial charge is 0.311 e. The molecule has 41 heavy (non-hydrogen) atoms. The fraction of sp³-hybridized carbons (Fsp3) is 0.0541. The average molecular weight is 531 g/mol. The molecule has 0 radical (unpaired) electrons. The first kappa shape index (κ1) is 25.9. The fourth-order valence-electron chi connectivity index (χ4n) is 4.74. The Morgan fingerprint density at radius 1 is 0.463 bits per heavy atom. The maximum absolute atomic E-state index is 4.86. The van der Waals surface area contributed by atoms with Crippen LogP contribution in [0.1, 0.15) is 19.7 Å². The Hall–Kier alpha value is -5.35. The summed E-state index contributed by atoms with van der Waals surface area (Å²) >= 11 is 0. The lowest BCUT2D eigenvalue weighted by Crippen LogP contribution is -2.09. The summed E-state index contributed by atoms with van der Waals surface area (Å²) in [6.45, 7) is 4.03. The molecule has 0 saturated carbocycles. The number of benzene rings is 5. The number of hydrogen-bond donors (Lipinski definition) is 0. The number of para-hydroxylation sites is 1. The second-order valence-corrected chi connectivity index (χ2v) is 9.77. The molecule has 6 aromatic rings. The van der Waals surface area contributed by atoms with Crippen molar-refractivity contribution in [2.45, 2.75) is 13.8 Å². The summed E-state index contributed by atoms with van der Waals surface area (Å²) < 4.78 is 0. The number of aromatic nitrogens is 3. The van der Waals surface area contributed by atoms with Gasteiger partial charge in [-0.3, -0.25) is 0 Å². The fourth-order valence-corrected chi connectivity index (χ4v) is 4.74. The molecule has 198 valence electrons. The summed E-state index contributed by atoms with van der Waals surface area (Å²) in [5.41, 5.74) is 8.53. The van der Waals surface area contributed by atoms with Crippen LogP contribution in [0.15, 0.2) is 146 Å². The minimum atomic E-state index is 0.653. The molecule has 4 heteroatoms. The molecule has 6 rings (SSSR count). The van der Waals surface area contributed by atoms with Gasteiger partial charge in [0.15, 0.2) is 17.5 Å². The molecule has 0 saturated heterocycles. The van der Waals surface area contributed by atoms with Gasteiger partial charge in [0.2, 0.25) is 0 Å². The highest BCUT2D eigenvalue weighted by atomic mass is 15.1. The van der Waals surface area contributed by atoms with Crippen LogP contribution in [0.25, 0.3) is 39.5 Å². The molecule has 0 fully saturated rings. The third-order valence-corrected chi connectivity index (χ3v) is 7.08. The zero-order valence-electron chi connectivity index (χ0n) is 23.1. The van der Waals surface area contributed by atoms with E-state index in [2.05, 4.69) is 102 Å². The molecular weight excluding hydrogens is 500 g/mol. The summed E-state index contributed by atoms with van der Waals surface area (Å²) in [5, 5.41) is 0. The van der Waals surface area contributed by atoms with Gasteiger partial charge in [0.05, 0.1) is 0 Å². The van der Waals surface area contributed by atoms with E-state index in [1.165, 1.54) is 11.1 Å². The van der Waals surface area contributed by atoms with E-state index in [9.17, 15) is 0 Å². The van der Waals surface area contributed by atoms with Gasteiger partial charge in [-0.25, -0.2) is 15.0 Å². The monoisotopic (exact) mass is 530 g/mol. The lowest BCUT2D eigenvalue weighted by atomic mass is 10.0. The lowest BCUT2D eigenvalue weighted by Gasteiger charge is -2.25. The van der Waals surface area contributed by atoms with E-state index in [-0.39, 0.29) is 0 Å². The highest BCUT2D eigenvalue weighted by Crippen LogP contribution is 2.36. The quantitative estimate of drug-likeness (QED) is 0.206. The van der Waals surface area contributed by atoms with Crippen molar-refractivity contribution in [1.82, 2.24) is 15.0 Å². The highest BCUT2D eigenvalue weighted by molar-refractivity contribution is 5.79. The van der Waals surface area contributed by atoms with Gasteiger partial charge in [-0.15, -0.1) is 0 Å². The second-order valence-electron chi connectivity index (χ2n) is 9.77. The standard InChI is InChI=1S/C37H30N4/c1-3-27(2)35-38-36(30-15-9-5-10-16-30)40-37(39-35)31-21-25-34(26-22-31)41(32-17-11-6-12-18-32)33-23-19-29(20-24-33)28-13-7-4-8-14-28/h3-26H,1-2H3/b27-3+. The minimum absolute atomic E-state index is 0.653. The molecule has 0 atom stereocenters. The van der Waals surface area contributed by atoms with Crippen molar-refractivity contribution in [3.05, 3.63) is 151 Å². The average Bonchev–Trinajstić information content (AvgIpc) is 3.06. The normalized spacial score (nSPS) is 11.3. The lowest BCUT2D eigenvalue weighted by molar-refractivity contribution is 1.03. The molecule has 0 spiro atoms. The van der Waals surface area contributed by atoms with Crippen LogP contribution in [-0.4, -0.2) is 15.0 Å². The van der Waals surface area contributed by atoms with Crippen molar-refractivity contribution in [2.24, 2.45) is 0 Å². The molecule has 4 nitrogen and oxygen atoms in total. The van der Waals surface area contributed by atoms with Crippen molar-refractivity contribution in [3.63, 3.8) is 0 Å². The van der Waals surface area contributed by atoms with Gasteiger partial charge in [-0.1, -0.05) is 97.1 Å². The topological polar surface area (TPSA) is 41.9 Å². The minimum Gasteiger partial charge on any atom is -0.311 e. The predicted molar refractivity (Wildman–Crippen MR) is 170 cm³/mol. The van der Waals surface area contributed by atoms with Crippen molar-refractivity contribution in [3.8, 4) is 33.9 Å². The Morgan fingerprint density at radius 2 is 0.854 bits per heavy atom. The van der Waals surface area contributed by atoms with Crippen molar-refractivity contribution >= 4 is 22.6 Å². The number of anilines is 3. The molecule has 5 aromatic carbocycles. The van der Waals surface area contributed by atoms with E-state index in [1.807, 2.05) is 62.4 Å². The van der Waals surface area contributed by atoms with E-state index in [1.54, 1.807) is 0 Å². The van der Waals surface area contributed by atoms with Crippen LogP contribution in [0.5, 0.6) is 0 Å². The number of allylic oxidation sites excluding steroid dienone is 2. The smallest absolute Gasteiger partial charge is 0.164 e. The Balaban J connectivity index is 1.38. The third-order valence-electron chi connectivity index (χ3n) is 7.08. The Morgan fingerprint density at radius 3 is 1.37 bits per heavy atom. The summed E-state index contributed by atoms with van der Waals surface area (Å²) in [6.07, 6.45) is 2.03. The Labute approximate surface area is 241 Å². The molecule has 0 aliphatic heterocycles. The maximum atomic E-state index is 4.86. The molecule has 0 amide bonds. The number of hydrogen-bond acceptors (Lipinski definition) is 4. The van der Waals surface area contributed by atoms with Gasteiger partial charge in [0.25, 0.3) is 0 Å². The van der Waals surface area contributed by atoms with Crippen LogP contribution in [0.4, 0.5) is 17.1 Å². The van der Waals surface area contributed by atoms with E-state index in [0.717, 1.165) is 33.8 Å². The van der Waals surface area contributed by atoms with Crippen LogP contribution < -0.4 is 4.90 Å². The predicted octanol–water partition coefficient (Wildman–Crippen LogP) is 9.77. The maximum Gasteiger partial charge on any atom is 0.164 e. The van der Waals surface area contributed by atoms with E-state index in [0.29, 0.717) is 17.5 Å². The molecule has 1 aromatic heterocycles. The van der Waals surface area contributed by atoms with Gasteiger partial charge in [0.1, 0.15) is 0 Å². The second kappa shape index (κ2) is 11.8. The Bertz CT molecular complexity index is 1760. The number of rotatable bonds is 7. The Kier molecular flexibility index (Phi) is 7.46. The van der Waals surface area contributed by atoms with Crippen LogP contribution in [0.2, 0.25) is 0 Å². The van der Waals surface area contributed by atoms with Gasteiger partial charge in [0, 0.05) is 28.2 Å². The van der Waals surface area contributed by atoms with Gasteiger partial charge < -0.3 is 4.90 Å². The van der Waals surface area contributed by atoms with Crippen molar-refractivity contribution in [1.29, 1.82) is 0 Å². The first-order valence-electron chi connectivity index (χ1n) is 13.8. The summed E-state index contributed by atoms with van der Waals surface area (Å²) in [4.78, 5) is 16.7. The zero-order chi connectivity index (χ0) is 28.0. The molecule has 0 bridgehead atoms. The van der Waals surface area contributed by atoms with Crippen LogP contribution in [0.3, 0.4) is 0 Å². The van der Waals surface area contributed by atoms with E-state index >= 15 is 0 Å². The number of nitrogens with zero attached hydrogens (tertiary/aromatic N) is 4. The third kappa shape index (κ3) is 5.68. The van der Waals surface area contributed by atoms with Crippen molar-refractivity contribution < 1.29 is 0 Å². The first-order chi connectivity index (χ1) is 20.2. The first-order valence-corrected chi connectivity index (χ1v) is 13.8. The van der Waals surface area contributed by atoms with Gasteiger partial charge in [-0.2, -0.15) is 0 Å². The molecule has 0 N–H and O–H groups in total. The van der Waals surface area contributed by atoms with Crippen LogP contribution in [0, 0.1) is 0 Å². The SMILES string of the molecule is C/C=C(\C)c1nc(-c2ccccc2)nc(-c2ccc(N(c3ccccc3)c3ccc(-c4ccccc4)cc3)cc2)n1. The summed E-state index contributed by atoms with van der Waals surface area (Å²) in [5.74, 6) is 2.00. The van der Waals surface area contributed by atoms with Crippen molar-refractivity contribution in [2.75, 3.05) is 4.90 Å². The highest BCUT2D eigenvalue weighted by Gasteiger charge is 2.15. The molecule has 1 heterocycles. The van der Waals surface area contributed by atoms with Crippen LogP contribution >= 0.6 is 0 Å².